The van der Waals surface area contributed by atoms with Crippen LogP contribution in [0.15, 0.2) is 0 Å². The van der Waals surface area contributed by atoms with E-state index in [1.807, 2.05) is 0 Å². The maximum atomic E-state index is 9.75. The van der Waals surface area contributed by atoms with Gasteiger partial charge in [0, 0.05) is 7.92 Å². The molecule has 0 saturated heterocycles. The zero-order valence-electron chi connectivity index (χ0n) is 15.0. The van der Waals surface area contributed by atoms with Crippen LogP contribution in [-0.4, -0.2) is 24.7 Å². The second kappa shape index (κ2) is 9.63. The molecule has 0 spiro atoms. The Labute approximate surface area is 141 Å². The van der Waals surface area contributed by atoms with E-state index >= 15 is 0 Å². The lowest BCUT2D eigenvalue weighted by Crippen LogP contribution is -2.26. The lowest BCUT2D eigenvalue weighted by Gasteiger charge is -2.35. The van der Waals surface area contributed by atoms with Crippen LogP contribution in [0.1, 0.15) is 85.0 Å². The second-order valence-corrected chi connectivity index (χ2v) is 11.6. The summed E-state index contributed by atoms with van der Waals surface area (Å²) < 4.78 is 39.0. The van der Waals surface area contributed by atoms with Crippen LogP contribution in [0.3, 0.4) is 0 Å². The standard InChI is InChI=1S/C17H33P.BF4/c1-17(2,3)14-18(15-10-6-4-7-11-15)16-12-8-5-9-13-16;2-1(3,4)5/h15-16H,4-14H2,1-3H3;/q;-1/p+1. The number of hydrogen-bond donors (Lipinski definition) is 0. The van der Waals surface area contributed by atoms with Crippen molar-refractivity contribution in [2.75, 3.05) is 6.16 Å². The largest absolute Gasteiger partial charge is 0.673 e. The van der Waals surface area contributed by atoms with Gasteiger partial charge < -0.3 is 17.3 Å². The van der Waals surface area contributed by atoms with Gasteiger partial charge in [-0.15, -0.1) is 0 Å². The van der Waals surface area contributed by atoms with E-state index in [1.165, 1.54) is 49.8 Å². The van der Waals surface area contributed by atoms with E-state index in [1.54, 1.807) is 31.8 Å². The van der Waals surface area contributed by atoms with Crippen molar-refractivity contribution in [2.24, 2.45) is 5.41 Å². The van der Waals surface area contributed by atoms with Crippen LogP contribution >= 0.6 is 7.92 Å². The smallest absolute Gasteiger partial charge is 0.418 e. The summed E-state index contributed by atoms with van der Waals surface area (Å²) in [6, 6.07) is 0. The van der Waals surface area contributed by atoms with Gasteiger partial charge in [0.1, 0.15) is 0 Å². The Balaban J connectivity index is 0.000000463. The van der Waals surface area contributed by atoms with Gasteiger partial charge in [0.25, 0.3) is 0 Å². The van der Waals surface area contributed by atoms with E-state index in [0.717, 1.165) is 0 Å². The molecule has 0 aromatic carbocycles. The molecule has 0 atom stereocenters. The molecule has 0 radical (unpaired) electrons. The molecule has 0 bridgehead atoms. The maximum Gasteiger partial charge on any atom is 0.673 e. The van der Waals surface area contributed by atoms with Crippen LogP contribution in [0.25, 0.3) is 0 Å². The van der Waals surface area contributed by atoms with Crippen molar-refractivity contribution in [3.63, 3.8) is 0 Å². The van der Waals surface area contributed by atoms with Crippen molar-refractivity contribution in [2.45, 2.75) is 96.3 Å². The van der Waals surface area contributed by atoms with Crippen molar-refractivity contribution in [1.82, 2.24) is 0 Å². The van der Waals surface area contributed by atoms with E-state index < -0.39 is 7.25 Å². The topological polar surface area (TPSA) is 0 Å². The predicted molar refractivity (Wildman–Crippen MR) is 96.6 cm³/mol. The zero-order chi connectivity index (χ0) is 17.5. The molecule has 0 aromatic rings. The third kappa shape index (κ3) is 10.6. The minimum absolute atomic E-state index is 0.103. The highest BCUT2D eigenvalue weighted by atomic mass is 31.1. The van der Waals surface area contributed by atoms with E-state index in [9.17, 15) is 17.3 Å². The highest BCUT2D eigenvalue weighted by Crippen LogP contribution is 2.58. The molecule has 0 aromatic heterocycles. The molecule has 0 unspecified atom stereocenters. The van der Waals surface area contributed by atoms with Gasteiger partial charge in [0.05, 0.1) is 17.5 Å². The van der Waals surface area contributed by atoms with Gasteiger partial charge in [0.15, 0.2) is 0 Å². The van der Waals surface area contributed by atoms with Gasteiger partial charge in [-0.2, -0.15) is 0 Å². The molecule has 0 aliphatic heterocycles. The van der Waals surface area contributed by atoms with Crippen LogP contribution in [0.4, 0.5) is 17.3 Å². The van der Waals surface area contributed by atoms with Crippen molar-refractivity contribution >= 4 is 15.2 Å². The first-order chi connectivity index (χ1) is 10.6. The molecule has 0 heterocycles. The molecular weight excluding hydrogens is 322 g/mol. The molecule has 6 heteroatoms. The van der Waals surface area contributed by atoms with Crippen molar-refractivity contribution < 1.29 is 17.3 Å². The quantitative estimate of drug-likeness (QED) is 0.285. The Morgan fingerprint density at radius 1 is 0.739 bits per heavy atom. The van der Waals surface area contributed by atoms with Crippen molar-refractivity contribution in [3.8, 4) is 0 Å². The van der Waals surface area contributed by atoms with E-state index in [-0.39, 0.29) is 7.92 Å². The molecular formula is C17H34BF4P. The second-order valence-electron chi connectivity index (χ2n) is 8.48. The summed E-state index contributed by atoms with van der Waals surface area (Å²) in [5, 5.41) is 0. The molecule has 0 nitrogen and oxygen atoms in total. The summed E-state index contributed by atoms with van der Waals surface area (Å²) in [6.07, 6.45) is 17.1. The fraction of sp³-hybridized carbons (Fsp3) is 1.00. The Morgan fingerprint density at radius 3 is 1.30 bits per heavy atom. The first-order valence-electron chi connectivity index (χ1n) is 9.29. The first-order valence-corrected chi connectivity index (χ1v) is 11.2. The fourth-order valence-electron chi connectivity index (χ4n) is 4.18. The molecule has 2 fully saturated rings. The van der Waals surface area contributed by atoms with Gasteiger partial charge >= 0.3 is 7.25 Å². The average Bonchev–Trinajstić information content (AvgIpc) is 2.44. The molecule has 2 rings (SSSR count). The average molecular weight is 356 g/mol. The Bertz CT molecular complexity index is 292. The van der Waals surface area contributed by atoms with Gasteiger partial charge in [-0.1, -0.05) is 33.6 Å². The SMILES string of the molecule is CC(C)(C)C[PH+](C1CCCCC1)C1CCCCC1.F[B-](F)(F)F. The Hall–Kier alpha value is 0.215. The molecule has 0 amide bonds. The number of hydrogen-bond acceptors (Lipinski definition) is 0. The molecule has 2 aliphatic rings. The molecule has 0 N–H and O–H groups in total. The minimum Gasteiger partial charge on any atom is -0.418 e. The fourth-order valence-corrected chi connectivity index (χ4v) is 8.95. The molecule has 2 aliphatic carbocycles. The van der Waals surface area contributed by atoms with E-state index in [0.29, 0.717) is 5.41 Å². The lowest BCUT2D eigenvalue weighted by atomic mass is 9.99. The van der Waals surface area contributed by atoms with Crippen LogP contribution < -0.4 is 0 Å². The lowest BCUT2D eigenvalue weighted by molar-refractivity contribution is 0.368. The zero-order valence-corrected chi connectivity index (χ0v) is 16.0. The predicted octanol–water partition coefficient (Wildman–Crippen LogP) is 7.21. The normalized spacial score (nSPS) is 21.9. The summed E-state index contributed by atoms with van der Waals surface area (Å²) in [6.45, 7) is 7.43. The van der Waals surface area contributed by atoms with E-state index in [4.69, 9.17) is 0 Å². The summed E-state index contributed by atoms with van der Waals surface area (Å²) >= 11 is 0. The highest BCUT2D eigenvalue weighted by Gasteiger charge is 2.39. The number of rotatable bonds is 3. The number of halogens is 4. The van der Waals surface area contributed by atoms with Crippen LogP contribution in [-0.2, 0) is 0 Å². The Morgan fingerprint density at radius 2 is 1.04 bits per heavy atom. The Kier molecular flexibility index (Phi) is 8.90. The minimum atomic E-state index is -6.00. The van der Waals surface area contributed by atoms with Gasteiger partial charge in [-0.25, -0.2) is 0 Å². The molecule has 2 saturated carbocycles. The first kappa shape index (κ1) is 21.3. The van der Waals surface area contributed by atoms with Gasteiger partial charge in [-0.3, -0.25) is 0 Å². The summed E-state index contributed by atoms with van der Waals surface area (Å²) in [4.78, 5) is 0. The van der Waals surface area contributed by atoms with Crippen LogP contribution in [0, 0.1) is 5.41 Å². The molecule has 138 valence electrons. The maximum absolute atomic E-state index is 9.75. The van der Waals surface area contributed by atoms with Crippen LogP contribution in [0.2, 0.25) is 0 Å². The van der Waals surface area contributed by atoms with Gasteiger partial charge in [-0.05, 0) is 56.8 Å². The van der Waals surface area contributed by atoms with E-state index in [2.05, 4.69) is 20.8 Å². The van der Waals surface area contributed by atoms with Crippen molar-refractivity contribution in [1.29, 1.82) is 0 Å². The third-order valence-corrected chi connectivity index (χ3v) is 9.71. The monoisotopic (exact) mass is 356 g/mol. The van der Waals surface area contributed by atoms with Crippen molar-refractivity contribution in [3.05, 3.63) is 0 Å². The summed E-state index contributed by atoms with van der Waals surface area (Å²) in [5.41, 5.74) is 2.92. The third-order valence-electron chi connectivity index (χ3n) is 4.99. The molecule has 23 heavy (non-hydrogen) atoms. The highest BCUT2D eigenvalue weighted by molar-refractivity contribution is 7.59. The van der Waals surface area contributed by atoms with Gasteiger partial charge in [0.2, 0.25) is 0 Å². The summed E-state index contributed by atoms with van der Waals surface area (Å²) in [5.74, 6) is 0. The summed E-state index contributed by atoms with van der Waals surface area (Å²) in [7, 11) is -6.10. The van der Waals surface area contributed by atoms with Crippen LogP contribution in [0.5, 0.6) is 0 Å².